The van der Waals surface area contributed by atoms with Gasteiger partial charge in [-0.15, -0.1) is 0 Å². The first-order chi connectivity index (χ1) is 10.9. The number of carbonyl (C=O) groups is 1. The van der Waals surface area contributed by atoms with Gasteiger partial charge in [-0.25, -0.2) is 4.79 Å². The van der Waals surface area contributed by atoms with E-state index in [2.05, 4.69) is 25.7 Å². The molecule has 0 spiro atoms. The van der Waals surface area contributed by atoms with Gasteiger partial charge in [0, 0.05) is 6.04 Å². The minimum absolute atomic E-state index is 0.188. The van der Waals surface area contributed by atoms with Crippen LogP contribution < -0.4 is 10.5 Å². The van der Waals surface area contributed by atoms with E-state index in [4.69, 9.17) is 15.2 Å². The maximum atomic E-state index is 12.3. The molecule has 0 aliphatic heterocycles. The first-order valence-corrected chi connectivity index (χ1v) is 8.22. The molecule has 0 aliphatic rings. The quantitative estimate of drug-likeness (QED) is 0.430. The van der Waals surface area contributed by atoms with Gasteiger partial charge in [0.1, 0.15) is 12.4 Å². The number of likely N-dealkylation sites (N-methyl/N-ethyl adjacent to an activating group) is 1. The zero-order chi connectivity index (χ0) is 17.4. The van der Waals surface area contributed by atoms with Gasteiger partial charge in [0.15, 0.2) is 0 Å². The molecule has 1 atom stereocenters. The fourth-order valence-corrected chi connectivity index (χ4v) is 2.30. The molecule has 0 fully saturated rings. The van der Waals surface area contributed by atoms with Crippen LogP contribution in [0, 0.1) is 5.92 Å². The predicted octanol–water partition coefficient (Wildman–Crippen LogP) is 3.19. The van der Waals surface area contributed by atoms with E-state index in [1.807, 2.05) is 14.1 Å². The van der Waals surface area contributed by atoms with E-state index in [-0.39, 0.29) is 12.0 Å². The lowest BCUT2D eigenvalue weighted by Crippen LogP contribution is -2.37. The molecular formula is C18H30N2O3. The summed E-state index contributed by atoms with van der Waals surface area (Å²) in [5.41, 5.74) is 6.89. The van der Waals surface area contributed by atoms with Crippen molar-refractivity contribution in [2.24, 2.45) is 5.92 Å². The number of carbonyl (C=O) groups excluding carboxylic acids is 1. The Morgan fingerprint density at radius 2 is 2.00 bits per heavy atom. The maximum absolute atomic E-state index is 12.3. The number of nitrogens with zero attached hydrogens (tertiary/aromatic N) is 1. The number of nitrogens with two attached hydrogens (primary N) is 1. The molecule has 130 valence electrons. The molecule has 0 amide bonds. The number of unbranched alkanes of at least 4 members (excludes halogenated alkanes) is 1. The molecule has 23 heavy (non-hydrogen) atoms. The third kappa shape index (κ3) is 6.10. The van der Waals surface area contributed by atoms with Crippen LogP contribution in [-0.2, 0) is 4.74 Å². The fourth-order valence-electron chi connectivity index (χ4n) is 2.30. The van der Waals surface area contributed by atoms with E-state index in [0.717, 1.165) is 12.8 Å². The predicted molar refractivity (Wildman–Crippen MR) is 93.9 cm³/mol. The van der Waals surface area contributed by atoms with Crippen molar-refractivity contribution < 1.29 is 14.3 Å². The second-order valence-electron chi connectivity index (χ2n) is 6.33. The summed E-state index contributed by atoms with van der Waals surface area (Å²) < 4.78 is 11.1. The highest BCUT2D eigenvalue weighted by Crippen LogP contribution is 2.23. The van der Waals surface area contributed by atoms with E-state index in [1.165, 1.54) is 0 Å². The number of benzene rings is 1. The van der Waals surface area contributed by atoms with E-state index < -0.39 is 0 Å². The van der Waals surface area contributed by atoms with Gasteiger partial charge in [0.25, 0.3) is 0 Å². The summed E-state index contributed by atoms with van der Waals surface area (Å²) in [6.07, 6.45) is 2.00. The third-order valence-electron chi connectivity index (χ3n) is 3.82. The van der Waals surface area contributed by atoms with Crippen LogP contribution in [0.1, 0.15) is 44.0 Å². The van der Waals surface area contributed by atoms with Gasteiger partial charge in [-0.1, -0.05) is 27.2 Å². The number of nitrogen functional groups attached to an aromatic ring is 1. The average Bonchev–Trinajstić information content (AvgIpc) is 2.48. The average molecular weight is 322 g/mol. The van der Waals surface area contributed by atoms with Crippen LogP contribution in [0.2, 0.25) is 0 Å². The van der Waals surface area contributed by atoms with Crippen LogP contribution in [0.4, 0.5) is 5.69 Å². The van der Waals surface area contributed by atoms with E-state index in [1.54, 1.807) is 18.2 Å². The Bertz CT molecular complexity index is 493. The summed E-state index contributed by atoms with van der Waals surface area (Å²) >= 11 is 0. The zero-order valence-electron chi connectivity index (χ0n) is 15.0. The van der Waals surface area contributed by atoms with Crippen molar-refractivity contribution in [3.63, 3.8) is 0 Å². The van der Waals surface area contributed by atoms with E-state index >= 15 is 0 Å². The van der Waals surface area contributed by atoms with Gasteiger partial charge in [0.05, 0.1) is 17.9 Å². The van der Waals surface area contributed by atoms with Crippen molar-refractivity contribution in [3.05, 3.63) is 23.8 Å². The molecule has 0 radical (unpaired) electrons. The number of anilines is 1. The molecule has 0 saturated heterocycles. The summed E-state index contributed by atoms with van der Waals surface area (Å²) in [6, 6.07) is 5.20. The third-order valence-corrected chi connectivity index (χ3v) is 3.82. The topological polar surface area (TPSA) is 64.8 Å². The van der Waals surface area contributed by atoms with Gasteiger partial charge in [-0.2, -0.15) is 0 Å². The van der Waals surface area contributed by atoms with Crippen molar-refractivity contribution in [2.75, 3.05) is 33.0 Å². The van der Waals surface area contributed by atoms with Crippen LogP contribution in [0.25, 0.3) is 0 Å². The Morgan fingerprint density at radius 1 is 1.30 bits per heavy atom. The zero-order valence-corrected chi connectivity index (χ0v) is 15.0. The molecule has 1 rings (SSSR count). The van der Waals surface area contributed by atoms with Gasteiger partial charge in [-0.3, -0.25) is 0 Å². The number of hydrogen-bond acceptors (Lipinski definition) is 5. The van der Waals surface area contributed by atoms with Crippen molar-refractivity contribution >= 4 is 11.7 Å². The lowest BCUT2D eigenvalue weighted by atomic mass is 10.0. The monoisotopic (exact) mass is 322 g/mol. The van der Waals surface area contributed by atoms with Crippen molar-refractivity contribution in [3.8, 4) is 5.75 Å². The second-order valence-corrected chi connectivity index (χ2v) is 6.33. The summed E-state index contributed by atoms with van der Waals surface area (Å²) in [4.78, 5) is 14.3. The van der Waals surface area contributed by atoms with Crippen LogP contribution in [-0.4, -0.2) is 44.2 Å². The van der Waals surface area contributed by atoms with Crippen molar-refractivity contribution in [1.82, 2.24) is 4.90 Å². The normalized spacial score (nSPS) is 12.5. The number of rotatable bonds is 9. The smallest absolute Gasteiger partial charge is 0.338 e. The molecule has 0 aliphatic carbocycles. The molecular weight excluding hydrogens is 292 g/mol. The highest BCUT2D eigenvalue weighted by Gasteiger charge is 2.19. The van der Waals surface area contributed by atoms with E-state index in [9.17, 15) is 4.79 Å². The standard InChI is InChI=1S/C18H30N2O3/c1-6-7-10-22-17-11-14(8-9-15(17)19)18(21)23-12-16(13(2)3)20(4)5/h8-9,11,13,16H,6-7,10,12,19H2,1-5H3. The van der Waals surface area contributed by atoms with Crippen LogP contribution >= 0.6 is 0 Å². The fraction of sp³-hybridized carbons (Fsp3) is 0.611. The Balaban J connectivity index is 2.70. The SMILES string of the molecule is CCCCOc1cc(C(=O)OCC(C(C)C)N(C)C)ccc1N. The molecule has 5 nitrogen and oxygen atoms in total. The second kappa shape index (κ2) is 9.40. The summed E-state index contributed by atoms with van der Waals surface area (Å²) in [7, 11) is 3.97. The number of ether oxygens (including phenoxy) is 2. The van der Waals surface area contributed by atoms with Gasteiger partial charge in [-0.05, 0) is 44.6 Å². The lowest BCUT2D eigenvalue weighted by Gasteiger charge is -2.27. The summed E-state index contributed by atoms with van der Waals surface area (Å²) in [5, 5.41) is 0. The lowest BCUT2D eigenvalue weighted by molar-refractivity contribution is 0.0350. The molecule has 1 aromatic carbocycles. The minimum atomic E-state index is -0.349. The maximum Gasteiger partial charge on any atom is 0.338 e. The van der Waals surface area contributed by atoms with Crippen LogP contribution in [0.15, 0.2) is 18.2 Å². The molecule has 0 heterocycles. The van der Waals surface area contributed by atoms with E-state index in [0.29, 0.717) is 36.1 Å². The largest absolute Gasteiger partial charge is 0.491 e. The first kappa shape index (κ1) is 19.3. The summed E-state index contributed by atoms with van der Waals surface area (Å²) in [6.45, 7) is 7.27. The highest BCUT2D eigenvalue weighted by atomic mass is 16.5. The van der Waals surface area contributed by atoms with Gasteiger partial charge in [0.2, 0.25) is 0 Å². The van der Waals surface area contributed by atoms with Gasteiger partial charge >= 0.3 is 5.97 Å². The van der Waals surface area contributed by atoms with Gasteiger partial charge < -0.3 is 20.1 Å². The number of hydrogen-bond donors (Lipinski definition) is 1. The van der Waals surface area contributed by atoms with Crippen LogP contribution in [0.5, 0.6) is 5.75 Å². The minimum Gasteiger partial charge on any atom is -0.491 e. The summed E-state index contributed by atoms with van der Waals surface area (Å²) in [5.74, 6) is 0.593. The first-order valence-electron chi connectivity index (χ1n) is 8.22. The Kier molecular flexibility index (Phi) is 7.89. The van der Waals surface area contributed by atoms with Crippen molar-refractivity contribution in [1.29, 1.82) is 0 Å². The van der Waals surface area contributed by atoms with Crippen molar-refractivity contribution in [2.45, 2.75) is 39.7 Å². The molecule has 1 aromatic rings. The molecule has 2 N–H and O–H groups in total. The molecule has 0 bridgehead atoms. The molecule has 0 aromatic heterocycles. The molecule has 1 unspecified atom stereocenters. The molecule has 5 heteroatoms. The Morgan fingerprint density at radius 3 is 2.57 bits per heavy atom. The Hall–Kier alpha value is -1.75. The Labute approximate surface area is 139 Å². The number of esters is 1. The van der Waals surface area contributed by atoms with Crippen LogP contribution in [0.3, 0.4) is 0 Å². The highest BCUT2D eigenvalue weighted by molar-refractivity contribution is 5.90. The molecule has 0 saturated carbocycles.